The highest BCUT2D eigenvalue weighted by atomic mass is 16.5. The molecule has 0 spiro atoms. The van der Waals surface area contributed by atoms with Crippen LogP contribution in [-0.4, -0.2) is 50.7 Å². The van der Waals surface area contributed by atoms with Crippen LogP contribution >= 0.6 is 0 Å². The summed E-state index contributed by atoms with van der Waals surface area (Å²) in [4.78, 5) is 13.4. The Morgan fingerprint density at radius 3 is 2.77 bits per heavy atom. The fourth-order valence-corrected chi connectivity index (χ4v) is 1.78. The van der Waals surface area contributed by atoms with E-state index in [4.69, 9.17) is 4.74 Å². The van der Waals surface area contributed by atoms with Crippen molar-refractivity contribution in [2.24, 2.45) is 5.92 Å². The van der Waals surface area contributed by atoms with Crippen LogP contribution in [-0.2, 0) is 9.53 Å². The van der Waals surface area contributed by atoms with Crippen molar-refractivity contribution in [3.05, 3.63) is 0 Å². The summed E-state index contributed by atoms with van der Waals surface area (Å²) in [6, 6.07) is 0.285. The first kappa shape index (κ1) is 10.5. The van der Waals surface area contributed by atoms with Gasteiger partial charge in [0.1, 0.15) is 6.61 Å². The number of carbonyl (C=O) groups is 1. The number of nitrogens with zero attached hydrogens (tertiary/aromatic N) is 1. The fraction of sp³-hybridized carbons (Fsp3) is 0.889. The van der Waals surface area contributed by atoms with Crippen molar-refractivity contribution in [3.63, 3.8) is 0 Å². The summed E-state index contributed by atoms with van der Waals surface area (Å²) in [6.07, 6.45) is 0. The molecule has 0 radical (unpaired) electrons. The monoisotopic (exact) mass is 186 g/mol. The van der Waals surface area contributed by atoms with E-state index in [1.807, 2.05) is 0 Å². The van der Waals surface area contributed by atoms with Crippen LogP contribution < -0.4 is 5.32 Å². The molecule has 0 aromatic rings. The molecule has 1 amide bonds. The third-order valence-electron chi connectivity index (χ3n) is 2.42. The van der Waals surface area contributed by atoms with Gasteiger partial charge in [0.05, 0.1) is 0 Å². The minimum atomic E-state index is -0.0188. The van der Waals surface area contributed by atoms with Crippen molar-refractivity contribution in [2.75, 3.05) is 33.9 Å². The van der Waals surface area contributed by atoms with Gasteiger partial charge in [-0.15, -0.1) is 0 Å². The molecule has 1 fully saturated rings. The van der Waals surface area contributed by atoms with E-state index in [9.17, 15) is 4.79 Å². The van der Waals surface area contributed by atoms with E-state index < -0.39 is 0 Å². The topological polar surface area (TPSA) is 41.6 Å². The largest absolute Gasteiger partial charge is 0.375 e. The molecule has 1 aliphatic rings. The number of ether oxygens (including phenoxy) is 1. The molecule has 0 saturated carbocycles. The van der Waals surface area contributed by atoms with E-state index in [0.29, 0.717) is 5.92 Å². The van der Waals surface area contributed by atoms with Gasteiger partial charge >= 0.3 is 0 Å². The number of likely N-dealkylation sites (N-methyl/N-ethyl adjacent to an activating group) is 1. The van der Waals surface area contributed by atoms with E-state index >= 15 is 0 Å². The molecule has 2 unspecified atom stereocenters. The Balaban J connectivity index is 2.32. The number of hydrogen-bond donors (Lipinski definition) is 1. The predicted molar refractivity (Wildman–Crippen MR) is 50.5 cm³/mol. The third-order valence-corrected chi connectivity index (χ3v) is 2.42. The number of rotatable bonds is 3. The van der Waals surface area contributed by atoms with E-state index in [1.165, 1.54) is 7.11 Å². The summed E-state index contributed by atoms with van der Waals surface area (Å²) >= 11 is 0. The maximum atomic E-state index is 11.2. The highest BCUT2D eigenvalue weighted by Gasteiger charge is 2.28. The molecular weight excluding hydrogens is 168 g/mol. The second-order valence-corrected chi connectivity index (χ2v) is 3.81. The molecule has 1 rings (SSSR count). The van der Waals surface area contributed by atoms with Crippen LogP contribution in [0.1, 0.15) is 6.92 Å². The van der Waals surface area contributed by atoms with Crippen LogP contribution in [0, 0.1) is 5.92 Å². The number of carbonyl (C=O) groups excluding carboxylic acids is 1. The lowest BCUT2D eigenvalue weighted by Crippen LogP contribution is -2.41. The molecule has 1 saturated heterocycles. The zero-order valence-corrected chi connectivity index (χ0v) is 8.54. The van der Waals surface area contributed by atoms with Crippen molar-refractivity contribution in [1.29, 1.82) is 0 Å². The standard InChI is InChI=1S/C9H18N2O2/c1-7-4-11(2)5-8(7)10-9(12)6-13-3/h7-8H,4-6H2,1-3H3,(H,10,12). The summed E-state index contributed by atoms with van der Waals surface area (Å²) < 4.78 is 4.75. The minimum absolute atomic E-state index is 0.0188. The molecule has 1 N–H and O–H groups in total. The van der Waals surface area contributed by atoms with Crippen LogP contribution in [0.25, 0.3) is 0 Å². The van der Waals surface area contributed by atoms with Crippen molar-refractivity contribution in [2.45, 2.75) is 13.0 Å². The first-order valence-electron chi connectivity index (χ1n) is 4.60. The maximum Gasteiger partial charge on any atom is 0.246 e. The first-order valence-corrected chi connectivity index (χ1v) is 4.60. The van der Waals surface area contributed by atoms with Crippen LogP contribution in [0.3, 0.4) is 0 Å². The molecule has 0 aromatic heterocycles. The lowest BCUT2D eigenvalue weighted by molar-refractivity contribution is -0.125. The van der Waals surface area contributed by atoms with Gasteiger partial charge in [0.25, 0.3) is 0 Å². The van der Waals surface area contributed by atoms with Gasteiger partial charge in [-0.1, -0.05) is 6.92 Å². The number of amides is 1. The van der Waals surface area contributed by atoms with Crippen molar-refractivity contribution < 1.29 is 9.53 Å². The van der Waals surface area contributed by atoms with Gasteiger partial charge < -0.3 is 15.0 Å². The minimum Gasteiger partial charge on any atom is -0.375 e. The number of nitrogens with one attached hydrogen (secondary N) is 1. The lowest BCUT2D eigenvalue weighted by atomic mass is 10.1. The fourth-order valence-electron chi connectivity index (χ4n) is 1.78. The average Bonchev–Trinajstić information content (AvgIpc) is 2.30. The molecule has 1 aliphatic heterocycles. The average molecular weight is 186 g/mol. The van der Waals surface area contributed by atoms with Crippen LogP contribution in [0.5, 0.6) is 0 Å². The van der Waals surface area contributed by atoms with Gasteiger partial charge in [0.2, 0.25) is 5.91 Å². The highest BCUT2D eigenvalue weighted by Crippen LogP contribution is 2.13. The molecule has 0 aromatic carbocycles. The van der Waals surface area contributed by atoms with Crippen LogP contribution in [0.15, 0.2) is 0 Å². The van der Waals surface area contributed by atoms with Crippen molar-refractivity contribution >= 4 is 5.91 Å². The normalized spacial score (nSPS) is 29.2. The SMILES string of the molecule is COCC(=O)NC1CN(C)CC1C. The lowest BCUT2D eigenvalue weighted by Gasteiger charge is -2.15. The summed E-state index contributed by atoms with van der Waals surface area (Å²) in [7, 11) is 3.60. The molecular formula is C9H18N2O2. The van der Waals surface area contributed by atoms with E-state index in [0.717, 1.165) is 13.1 Å². The Hall–Kier alpha value is -0.610. The Bertz CT molecular complexity index is 184. The molecule has 76 valence electrons. The van der Waals surface area contributed by atoms with Crippen molar-refractivity contribution in [1.82, 2.24) is 10.2 Å². The predicted octanol–water partition coefficient (Wildman–Crippen LogP) is -0.301. The van der Waals surface area contributed by atoms with E-state index in [1.54, 1.807) is 0 Å². The van der Waals surface area contributed by atoms with E-state index in [2.05, 4.69) is 24.2 Å². The van der Waals surface area contributed by atoms with Gasteiger partial charge in [0, 0.05) is 26.2 Å². The quantitative estimate of drug-likeness (QED) is 0.658. The molecule has 4 nitrogen and oxygen atoms in total. The summed E-state index contributed by atoms with van der Waals surface area (Å²) in [5.41, 5.74) is 0. The summed E-state index contributed by atoms with van der Waals surface area (Å²) in [5, 5.41) is 2.95. The maximum absolute atomic E-state index is 11.2. The molecule has 4 heteroatoms. The summed E-state index contributed by atoms with van der Waals surface area (Å²) in [5.74, 6) is 0.514. The second kappa shape index (κ2) is 4.58. The van der Waals surface area contributed by atoms with Crippen LogP contribution in [0.4, 0.5) is 0 Å². The molecule has 2 atom stereocenters. The molecule has 0 bridgehead atoms. The first-order chi connectivity index (χ1) is 6.13. The Morgan fingerprint density at radius 1 is 1.62 bits per heavy atom. The molecule has 1 heterocycles. The van der Waals surface area contributed by atoms with Gasteiger partial charge in [0.15, 0.2) is 0 Å². The Kier molecular flexibility index (Phi) is 3.69. The Labute approximate surface area is 79.2 Å². The molecule has 13 heavy (non-hydrogen) atoms. The smallest absolute Gasteiger partial charge is 0.246 e. The van der Waals surface area contributed by atoms with Crippen molar-refractivity contribution in [3.8, 4) is 0 Å². The van der Waals surface area contributed by atoms with Gasteiger partial charge in [-0.05, 0) is 13.0 Å². The highest BCUT2D eigenvalue weighted by molar-refractivity contribution is 5.77. The zero-order valence-electron chi connectivity index (χ0n) is 8.54. The van der Waals surface area contributed by atoms with E-state index in [-0.39, 0.29) is 18.6 Å². The summed E-state index contributed by atoms with van der Waals surface area (Å²) in [6.45, 7) is 4.31. The third kappa shape index (κ3) is 2.97. The number of likely N-dealkylation sites (tertiary alicyclic amines) is 1. The zero-order chi connectivity index (χ0) is 9.84. The van der Waals surface area contributed by atoms with Gasteiger partial charge in [-0.2, -0.15) is 0 Å². The number of methoxy groups -OCH3 is 1. The van der Waals surface area contributed by atoms with Crippen LogP contribution in [0.2, 0.25) is 0 Å². The van der Waals surface area contributed by atoms with Gasteiger partial charge in [-0.25, -0.2) is 0 Å². The number of hydrogen-bond acceptors (Lipinski definition) is 3. The second-order valence-electron chi connectivity index (χ2n) is 3.81. The van der Waals surface area contributed by atoms with Gasteiger partial charge in [-0.3, -0.25) is 4.79 Å². The molecule has 0 aliphatic carbocycles. The Morgan fingerprint density at radius 2 is 2.31 bits per heavy atom.